The van der Waals surface area contributed by atoms with Crippen LogP contribution in [0.4, 0.5) is 17.3 Å². The fourth-order valence-electron chi connectivity index (χ4n) is 1.91. The maximum atomic E-state index is 11.2. The summed E-state index contributed by atoms with van der Waals surface area (Å²) in [5.41, 5.74) is 0.517. The van der Waals surface area contributed by atoms with Crippen LogP contribution in [0.3, 0.4) is 0 Å². The molecule has 0 amide bonds. The average Bonchev–Trinajstić information content (AvgIpc) is 2.85. The molecule has 0 radical (unpaired) electrons. The summed E-state index contributed by atoms with van der Waals surface area (Å²) in [6, 6.07) is 1.75. The van der Waals surface area contributed by atoms with E-state index in [1.165, 1.54) is 4.68 Å². The number of hydrogen-bond donors (Lipinski definition) is 1. The van der Waals surface area contributed by atoms with Gasteiger partial charge in [-0.2, -0.15) is 10.2 Å². The quantitative estimate of drug-likeness (QED) is 0.656. The van der Waals surface area contributed by atoms with Crippen molar-refractivity contribution in [2.24, 2.45) is 14.1 Å². The molecule has 1 N–H and O–H groups in total. The average molecular weight is 264 g/mol. The molecule has 2 aromatic heterocycles. The van der Waals surface area contributed by atoms with E-state index in [1.54, 1.807) is 31.0 Å². The van der Waals surface area contributed by atoms with Crippen molar-refractivity contribution in [3.8, 4) is 0 Å². The van der Waals surface area contributed by atoms with Crippen LogP contribution < -0.4 is 5.32 Å². The molecule has 0 atom stereocenters. The SMILES string of the molecule is CCCc1nn(C)c(Nc2ccn(C)n2)c1[N+](=O)[O-]. The molecular weight excluding hydrogens is 248 g/mol. The number of hydrogen-bond acceptors (Lipinski definition) is 5. The largest absolute Gasteiger partial charge is 0.334 e. The van der Waals surface area contributed by atoms with E-state index < -0.39 is 4.92 Å². The molecule has 0 aromatic carbocycles. The van der Waals surface area contributed by atoms with Gasteiger partial charge in [-0.15, -0.1) is 0 Å². The van der Waals surface area contributed by atoms with E-state index in [0.29, 0.717) is 23.8 Å². The summed E-state index contributed by atoms with van der Waals surface area (Å²) in [6.45, 7) is 1.96. The van der Waals surface area contributed by atoms with Gasteiger partial charge in [-0.3, -0.25) is 14.8 Å². The minimum atomic E-state index is -0.400. The number of anilines is 2. The molecule has 0 saturated carbocycles. The van der Waals surface area contributed by atoms with Crippen LogP contribution >= 0.6 is 0 Å². The van der Waals surface area contributed by atoms with Crippen LogP contribution in [0.15, 0.2) is 12.3 Å². The van der Waals surface area contributed by atoms with E-state index in [9.17, 15) is 10.1 Å². The number of nitrogens with zero attached hydrogens (tertiary/aromatic N) is 5. The Morgan fingerprint density at radius 3 is 2.68 bits per heavy atom. The minimum absolute atomic E-state index is 0.0232. The first-order valence-corrected chi connectivity index (χ1v) is 5.99. The van der Waals surface area contributed by atoms with Crippen LogP contribution in [0.2, 0.25) is 0 Å². The van der Waals surface area contributed by atoms with Gasteiger partial charge >= 0.3 is 5.69 Å². The van der Waals surface area contributed by atoms with E-state index in [0.717, 1.165) is 6.42 Å². The predicted molar refractivity (Wildman–Crippen MR) is 70.3 cm³/mol. The third-order valence-corrected chi connectivity index (χ3v) is 2.72. The molecular formula is C11H16N6O2. The summed E-state index contributed by atoms with van der Waals surface area (Å²) in [6.07, 6.45) is 3.15. The van der Waals surface area contributed by atoms with Crippen LogP contribution in [-0.4, -0.2) is 24.5 Å². The number of aryl methyl sites for hydroxylation is 3. The van der Waals surface area contributed by atoms with Gasteiger partial charge in [-0.05, 0) is 6.42 Å². The first-order chi connectivity index (χ1) is 9.02. The molecule has 0 aliphatic heterocycles. The van der Waals surface area contributed by atoms with E-state index in [2.05, 4.69) is 15.5 Å². The van der Waals surface area contributed by atoms with Gasteiger partial charge in [0, 0.05) is 26.4 Å². The number of rotatable bonds is 5. The Morgan fingerprint density at radius 2 is 2.16 bits per heavy atom. The first-order valence-electron chi connectivity index (χ1n) is 5.99. The second kappa shape index (κ2) is 5.09. The Balaban J connectivity index is 2.40. The lowest BCUT2D eigenvalue weighted by Crippen LogP contribution is -2.02. The number of nitrogens with one attached hydrogen (secondary N) is 1. The smallest absolute Gasteiger partial charge is 0.318 e. The highest BCUT2D eigenvalue weighted by molar-refractivity contribution is 5.65. The lowest BCUT2D eigenvalue weighted by Gasteiger charge is -2.02. The van der Waals surface area contributed by atoms with Crippen molar-refractivity contribution in [1.29, 1.82) is 0 Å². The van der Waals surface area contributed by atoms with Crippen molar-refractivity contribution >= 4 is 17.3 Å². The van der Waals surface area contributed by atoms with Crippen LogP contribution in [0.25, 0.3) is 0 Å². The lowest BCUT2D eigenvalue weighted by molar-refractivity contribution is -0.384. The normalized spacial score (nSPS) is 10.7. The molecule has 8 heteroatoms. The molecule has 102 valence electrons. The topological polar surface area (TPSA) is 90.8 Å². The molecule has 0 spiro atoms. The van der Waals surface area contributed by atoms with E-state index in [1.807, 2.05) is 6.92 Å². The zero-order valence-electron chi connectivity index (χ0n) is 11.1. The fraction of sp³-hybridized carbons (Fsp3) is 0.455. The molecule has 0 aliphatic rings. The predicted octanol–water partition coefficient (Wildman–Crippen LogP) is 1.76. The zero-order chi connectivity index (χ0) is 14.0. The molecule has 2 heterocycles. The van der Waals surface area contributed by atoms with E-state index >= 15 is 0 Å². The van der Waals surface area contributed by atoms with Gasteiger partial charge in [0.15, 0.2) is 5.82 Å². The highest BCUT2D eigenvalue weighted by atomic mass is 16.6. The van der Waals surface area contributed by atoms with Gasteiger partial charge in [-0.1, -0.05) is 13.3 Å². The highest BCUT2D eigenvalue weighted by Crippen LogP contribution is 2.30. The summed E-state index contributed by atoms with van der Waals surface area (Å²) in [5.74, 6) is 0.906. The summed E-state index contributed by atoms with van der Waals surface area (Å²) in [7, 11) is 3.46. The molecule has 0 saturated heterocycles. The van der Waals surface area contributed by atoms with Crippen LogP contribution in [0.5, 0.6) is 0 Å². The second-order valence-electron chi connectivity index (χ2n) is 4.27. The Bertz CT molecular complexity index is 600. The maximum Gasteiger partial charge on any atom is 0.334 e. The first kappa shape index (κ1) is 13.1. The minimum Gasteiger partial charge on any atom is -0.318 e. The number of nitro groups is 1. The third kappa shape index (κ3) is 2.56. The molecule has 0 fully saturated rings. The monoisotopic (exact) mass is 264 g/mol. The van der Waals surface area contributed by atoms with Gasteiger partial charge in [0.25, 0.3) is 0 Å². The van der Waals surface area contributed by atoms with Crippen LogP contribution in [-0.2, 0) is 20.5 Å². The zero-order valence-corrected chi connectivity index (χ0v) is 11.1. The third-order valence-electron chi connectivity index (χ3n) is 2.72. The molecule has 0 unspecified atom stereocenters. The van der Waals surface area contributed by atoms with Gasteiger partial charge in [0.05, 0.1) is 4.92 Å². The van der Waals surface area contributed by atoms with Crippen molar-refractivity contribution in [2.45, 2.75) is 19.8 Å². The molecule has 8 nitrogen and oxygen atoms in total. The van der Waals surface area contributed by atoms with Gasteiger partial charge < -0.3 is 5.32 Å². The molecule has 0 bridgehead atoms. The Labute approximate surface area is 110 Å². The van der Waals surface area contributed by atoms with Crippen molar-refractivity contribution < 1.29 is 4.92 Å². The van der Waals surface area contributed by atoms with Crippen LogP contribution in [0.1, 0.15) is 19.0 Å². The van der Waals surface area contributed by atoms with E-state index in [-0.39, 0.29) is 5.69 Å². The number of aromatic nitrogens is 4. The van der Waals surface area contributed by atoms with E-state index in [4.69, 9.17) is 0 Å². The fourth-order valence-corrected chi connectivity index (χ4v) is 1.91. The molecule has 0 aliphatic carbocycles. The summed E-state index contributed by atoms with van der Waals surface area (Å²) >= 11 is 0. The van der Waals surface area contributed by atoms with Crippen molar-refractivity contribution in [3.05, 3.63) is 28.1 Å². The molecule has 2 aromatic rings. The van der Waals surface area contributed by atoms with Crippen molar-refractivity contribution in [3.63, 3.8) is 0 Å². The summed E-state index contributed by atoms with van der Waals surface area (Å²) < 4.78 is 3.11. The van der Waals surface area contributed by atoms with Gasteiger partial charge in [0.2, 0.25) is 5.82 Å². The van der Waals surface area contributed by atoms with Crippen LogP contribution in [0, 0.1) is 10.1 Å². The summed E-state index contributed by atoms with van der Waals surface area (Å²) in [5, 5.41) is 22.5. The molecule has 19 heavy (non-hydrogen) atoms. The second-order valence-corrected chi connectivity index (χ2v) is 4.27. The molecule has 2 rings (SSSR count). The van der Waals surface area contributed by atoms with Crippen molar-refractivity contribution in [1.82, 2.24) is 19.6 Å². The Kier molecular flexibility index (Phi) is 3.50. The standard InChI is InChI=1S/C11H16N6O2/c1-4-5-8-10(17(18)19)11(16(3)13-8)12-9-6-7-15(2)14-9/h6-7H,4-5H2,1-3H3,(H,12,14). The Hall–Kier alpha value is -2.38. The lowest BCUT2D eigenvalue weighted by atomic mass is 10.2. The Morgan fingerprint density at radius 1 is 1.42 bits per heavy atom. The highest BCUT2D eigenvalue weighted by Gasteiger charge is 2.26. The maximum absolute atomic E-state index is 11.2. The van der Waals surface area contributed by atoms with Gasteiger partial charge in [-0.25, -0.2) is 4.68 Å². The summed E-state index contributed by atoms with van der Waals surface area (Å²) in [4.78, 5) is 10.8. The van der Waals surface area contributed by atoms with Crippen molar-refractivity contribution in [2.75, 3.05) is 5.32 Å². The van der Waals surface area contributed by atoms with Gasteiger partial charge in [0.1, 0.15) is 5.69 Å².